The summed E-state index contributed by atoms with van der Waals surface area (Å²) in [4.78, 5) is 23.0. The van der Waals surface area contributed by atoms with Gasteiger partial charge < -0.3 is 10.2 Å². The lowest BCUT2D eigenvalue weighted by molar-refractivity contribution is 0.0749. The van der Waals surface area contributed by atoms with E-state index in [0.717, 1.165) is 37.2 Å². The normalized spacial score (nSPS) is 10.5. The third-order valence-corrected chi connectivity index (χ3v) is 3.80. The first-order valence-corrected chi connectivity index (χ1v) is 8.50. The van der Waals surface area contributed by atoms with E-state index in [0.29, 0.717) is 11.5 Å². The summed E-state index contributed by atoms with van der Waals surface area (Å²) < 4.78 is 0. The SMILES string of the molecule is CCCN(CCC)C(=O)c1cnc(Nc2cc(C)ccc2C)cn1. The third-order valence-electron chi connectivity index (χ3n) is 3.80. The molecular formula is C19H26N4O. The first kappa shape index (κ1) is 17.9. The van der Waals surface area contributed by atoms with Crippen molar-refractivity contribution in [2.24, 2.45) is 0 Å². The van der Waals surface area contributed by atoms with Crippen LogP contribution in [0.2, 0.25) is 0 Å². The van der Waals surface area contributed by atoms with Crippen LogP contribution in [0.25, 0.3) is 0 Å². The lowest BCUT2D eigenvalue weighted by atomic mass is 10.1. The van der Waals surface area contributed by atoms with Crippen molar-refractivity contribution in [3.05, 3.63) is 47.4 Å². The average Bonchev–Trinajstić information content (AvgIpc) is 2.58. The molecule has 0 radical (unpaired) electrons. The van der Waals surface area contributed by atoms with E-state index in [4.69, 9.17) is 0 Å². The Kier molecular flexibility index (Phi) is 6.29. The van der Waals surface area contributed by atoms with Crippen LogP contribution < -0.4 is 5.32 Å². The number of rotatable bonds is 7. The summed E-state index contributed by atoms with van der Waals surface area (Å²) in [7, 11) is 0. The molecule has 1 heterocycles. The maximum atomic E-state index is 12.5. The highest BCUT2D eigenvalue weighted by molar-refractivity contribution is 5.92. The minimum atomic E-state index is -0.0514. The van der Waals surface area contributed by atoms with Crippen LogP contribution in [0.5, 0.6) is 0 Å². The Morgan fingerprint density at radius 2 is 1.79 bits per heavy atom. The number of nitrogens with zero attached hydrogens (tertiary/aromatic N) is 3. The monoisotopic (exact) mass is 326 g/mol. The lowest BCUT2D eigenvalue weighted by Crippen LogP contribution is -2.33. The maximum Gasteiger partial charge on any atom is 0.274 e. The van der Waals surface area contributed by atoms with Gasteiger partial charge in [-0.1, -0.05) is 26.0 Å². The zero-order chi connectivity index (χ0) is 17.5. The third kappa shape index (κ3) is 4.54. The first-order valence-electron chi connectivity index (χ1n) is 8.50. The number of aryl methyl sites for hydroxylation is 2. The molecule has 0 bridgehead atoms. The molecule has 0 aliphatic heterocycles. The summed E-state index contributed by atoms with van der Waals surface area (Å²) in [6.45, 7) is 9.72. The zero-order valence-corrected chi connectivity index (χ0v) is 15.0. The van der Waals surface area contributed by atoms with Gasteiger partial charge in [0.15, 0.2) is 0 Å². The second-order valence-corrected chi connectivity index (χ2v) is 6.02. The summed E-state index contributed by atoms with van der Waals surface area (Å²) in [6, 6.07) is 6.21. The van der Waals surface area contributed by atoms with Gasteiger partial charge in [0.1, 0.15) is 11.5 Å². The van der Waals surface area contributed by atoms with Crippen LogP contribution in [0.15, 0.2) is 30.6 Å². The average molecular weight is 326 g/mol. The van der Waals surface area contributed by atoms with Crippen molar-refractivity contribution in [3.8, 4) is 0 Å². The van der Waals surface area contributed by atoms with E-state index < -0.39 is 0 Å². The standard InChI is InChI=1S/C19H26N4O/c1-5-9-23(10-6-2)19(24)17-12-21-18(13-20-17)22-16-11-14(3)7-8-15(16)4/h7-8,11-13H,5-6,9-10H2,1-4H3,(H,21,22). The number of carbonyl (C=O) groups excluding carboxylic acids is 1. The van der Waals surface area contributed by atoms with Crippen LogP contribution in [-0.4, -0.2) is 33.9 Å². The predicted octanol–water partition coefficient (Wildman–Crippen LogP) is 4.10. The first-order chi connectivity index (χ1) is 11.5. The van der Waals surface area contributed by atoms with Crippen molar-refractivity contribution in [2.45, 2.75) is 40.5 Å². The van der Waals surface area contributed by atoms with Gasteiger partial charge >= 0.3 is 0 Å². The summed E-state index contributed by atoms with van der Waals surface area (Å²) in [5.74, 6) is 0.585. The Labute approximate surface area is 144 Å². The molecule has 24 heavy (non-hydrogen) atoms. The van der Waals surface area contributed by atoms with Gasteiger partial charge in [-0.2, -0.15) is 0 Å². The van der Waals surface area contributed by atoms with E-state index in [2.05, 4.69) is 47.3 Å². The van der Waals surface area contributed by atoms with Gasteiger partial charge in [0.2, 0.25) is 0 Å². The van der Waals surface area contributed by atoms with Crippen LogP contribution in [-0.2, 0) is 0 Å². The predicted molar refractivity (Wildman–Crippen MR) is 97.7 cm³/mol. The summed E-state index contributed by atoms with van der Waals surface area (Å²) in [6.07, 6.45) is 5.04. The maximum absolute atomic E-state index is 12.5. The lowest BCUT2D eigenvalue weighted by Gasteiger charge is -2.20. The molecule has 0 spiro atoms. The molecule has 1 aromatic carbocycles. The molecule has 0 aliphatic rings. The van der Waals surface area contributed by atoms with Crippen LogP contribution in [0, 0.1) is 13.8 Å². The summed E-state index contributed by atoms with van der Waals surface area (Å²) in [5, 5.41) is 3.26. The van der Waals surface area contributed by atoms with Crippen molar-refractivity contribution in [1.29, 1.82) is 0 Å². The largest absolute Gasteiger partial charge is 0.339 e. The fraction of sp³-hybridized carbons (Fsp3) is 0.421. The van der Waals surface area contributed by atoms with Crippen LogP contribution in [0.3, 0.4) is 0 Å². The Hall–Kier alpha value is -2.43. The number of amides is 1. The molecule has 0 saturated carbocycles. The Bertz CT molecular complexity index is 676. The second-order valence-electron chi connectivity index (χ2n) is 6.02. The molecule has 1 amide bonds. The number of benzene rings is 1. The molecule has 5 nitrogen and oxygen atoms in total. The fourth-order valence-corrected chi connectivity index (χ4v) is 2.53. The molecule has 5 heteroatoms. The molecule has 2 rings (SSSR count). The van der Waals surface area contributed by atoms with E-state index >= 15 is 0 Å². The Balaban J connectivity index is 2.12. The van der Waals surface area contributed by atoms with Crippen molar-refractivity contribution >= 4 is 17.4 Å². The molecule has 1 aromatic heterocycles. The smallest absolute Gasteiger partial charge is 0.274 e. The molecule has 1 N–H and O–H groups in total. The minimum Gasteiger partial charge on any atom is -0.339 e. The molecule has 2 aromatic rings. The van der Waals surface area contributed by atoms with Gasteiger partial charge in [-0.05, 0) is 43.9 Å². The molecule has 128 valence electrons. The van der Waals surface area contributed by atoms with Crippen molar-refractivity contribution in [2.75, 3.05) is 18.4 Å². The van der Waals surface area contributed by atoms with Gasteiger partial charge in [0, 0.05) is 18.8 Å². The van der Waals surface area contributed by atoms with Crippen LogP contribution >= 0.6 is 0 Å². The van der Waals surface area contributed by atoms with E-state index in [9.17, 15) is 4.79 Å². The topological polar surface area (TPSA) is 58.1 Å². The second kappa shape index (κ2) is 8.43. The molecule has 0 aliphatic carbocycles. The van der Waals surface area contributed by atoms with Gasteiger partial charge in [0.05, 0.1) is 12.4 Å². The summed E-state index contributed by atoms with van der Waals surface area (Å²) >= 11 is 0. The molecule has 0 unspecified atom stereocenters. The fourth-order valence-electron chi connectivity index (χ4n) is 2.53. The molecule has 0 saturated heterocycles. The number of anilines is 2. The van der Waals surface area contributed by atoms with Crippen molar-refractivity contribution in [3.63, 3.8) is 0 Å². The highest BCUT2D eigenvalue weighted by atomic mass is 16.2. The Morgan fingerprint density at radius 1 is 1.08 bits per heavy atom. The highest BCUT2D eigenvalue weighted by Gasteiger charge is 2.16. The van der Waals surface area contributed by atoms with E-state index in [-0.39, 0.29) is 5.91 Å². The van der Waals surface area contributed by atoms with Crippen LogP contribution in [0.4, 0.5) is 11.5 Å². The highest BCUT2D eigenvalue weighted by Crippen LogP contribution is 2.20. The molecule has 0 atom stereocenters. The quantitative estimate of drug-likeness (QED) is 0.832. The van der Waals surface area contributed by atoms with Crippen LogP contribution in [0.1, 0.15) is 48.3 Å². The van der Waals surface area contributed by atoms with Gasteiger partial charge in [-0.3, -0.25) is 4.79 Å². The number of hydrogen-bond donors (Lipinski definition) is 1. The number of hydrogen-bond acceptors (Lipinski definition) is 4. The van der Waals surface area contributed by atoms with E-state index in [1.54, 1.807) is 12.4 Å². The van der Waals surface area contributed by atoms with E-state index in [1.807, 2.05) is 18.7 Å². The van der Waals surface area contributed by atoms with Gasteiger partial charge in [0.25, 0.3) is 5.91 Å². The molecular weight excluding hydrogens is 300 g/mol. The number of nitrogens with one attached hydrogen (secondary N) is 1. The number of aromatic nitrogens is 2. The summed E-state index contributed by atoms with van der Waals surface area (Å²) in [5.41, 5.74) is 3.71. The van der Waals surface area contributed by atoms with Gasteiger partial charge in [-0.25, -0.2) is 9.97 Å². The number of carbonyl (C=O) groups is 1. The molecule has 0 fully saturated rings. The Morgan fingerprint density at radius 3 is 2.38 bits per heavy atom. The van der Waals surface area contributed by atoms with Crippen molar-refractivity contribution in [1.82, 2.24) is 14.9 Å². The van der Waals surface area contributed by atoms with Crippen molar-refractivity contribution < 1.29 is 4.79 Å². The van der Waals surface area contributed by atoms with E-state index in [1.165, 1.54) is 5.56 Å². The van der Waals surface area contributed by atoms with Gasteiger partial charge in [-0.15, -0.1) is 0 Å². The minimum absolute atomic E-state index is 0.0514. The zero-order valence-electron chi connectivity index (χ0n) is 15.0.